The lowest BCUT2D eigenvalue weighted by Gasteiger charge is -2.14. The quantitative estimate of drug-likeness (QED) is 0.876. The van der Waals surface area contributed by atoms with Crippen LogP contribution in [-0.2, 0) is 16.4 Å². The summed E-state index contributed by atoms with van der Waals surface area (Å²) in [5.74, 6) is -0.333. The summed E-state index contributed by atoms with van der Waals surface area (Å²) in [4.78, 5) is 13.3. The average molecular weight is 310 g/mol. The summed E-state index contributed by atoms with van der Waals surface area (Å²) in [5, 5.41) is 0. The lowest BCUT2D eigenvalue weighted by molar-refractivity contribution is 0.559. The summed E-state index contributed by atoms with van der Waals surface area (Å²) in [5.41, 5.74) is 0.460. The Morgan fingerprint density at radius 1 is 1.19 bits per heavy atom. The molecule has 0 saturated carbocycles. The van der Waals surface area contributed by atoms with Crippen molar-refractivity contribution < 1.29 is 12.8 Å². The van der Waals surface area contributed by atoms with Crippen LogP contribution < -0.4 is 10.3 Å². The number of sulfonamides is 1. The second-order valence-corrected chi connectivity index (χ2v) is 6.46. The summed E-state index contributed by atoms with van der Waals surface area (Å²) in [6.07, 6.45) is 1.58. The van der Waals surface area contributed by atoms with Crippen LogP contribution in [0.4, 0.5) is 4.39 Å². The second kappa shape index (κ2) is 6.19. The van der Waals surface area contributed by atoms with Crippen LogP contribution >= 0.6 is 0 Å². The summed E-state index contributed by atoms with van der Waals surface area (Å²) in [6.45, 7) is 1.71. The molecular formula is C14H15FN2O3S. The Morgan fingerprint density at radius 3 is 2.43 bits per heavy atom. The molecule has 2 N–H and O–H groups in total. The number of aromatic nitrogens is 1. The number of pyridine rings is 1. The lowest BCUT2D eigenvalue weighted by atomic mass is 10.1. The highest BCUT2D eigenvalue weighted by Gasteiger charge is 2.17. The Morgan fingerprint density at radius 2 is 1.86 bits per heavy atom. The van der Waals surface area contributed by atoms with Crippen molar-refractivity contribution in [1.29, 1.82) is 0 Å². The Balaban J connectivity index is 2.07. The van der Waals surface area contributed by atoms with Crippen LogP contribution in [0.25, 0.3) is 0 Å². The molecule has 1 aromatic heterocycles. The Bertz CT molecular complexity index is 749. The van der Waals surface area contributed by atoms with E-state index in [1.165, 1.54) is 18.2 Å². The van der Waals surface area contributed by atoms with Crippen LogP contribution in [0, 0.1) is 5.82 Å². The van der Waals surface area contributed by atoms with Gasteiger partial charge in [-0.3, -0.25) is 4.79 Å². The zero-order valence-corrected chi connectivity index (χ0v) is 12.2. The molecule has 0 aliphatic rings. The van der Waals surface area contributed by atoms with E-state index in [9.17, 15) is 17.6 Å². The minimum Gasteiger partial charge on any atom is -0.328 e. The molecule has 5 nitrogen and oxygen atoms in total. The summed E-state index contributed by atoms with van der Waals surface area (Å²) >= 11 is 0. The molecule has 0 aliphatic heterocycles. The van der Waals surface area contributed by atoms with E-state index in [-0.39, 0.29) is 22.3 Å². The zero-order chi connectivity index (χ0) is 15.5. The van der Waals surface area contributed by atoms with Gasteiger partial charge in [0.2, 0.25) is 15.6 Å². The SMILES string of the molecule is CC(Cc1ccc(F)cc1)NS(=O)(=O)c1ccc(=O)[nH]c1. The van der Waals surface area contributed by atoms with Crippen molar-refractivity contribution in [3.8, 4) is 0 Å². The first kappa shape index (κ1) is 15.4. The Kier molecular flexibility index (Phi) is 4.54. The molecule has 0 fully saturated rings. The fraction of sp³-hybridized carbons (Fsp3) is 0.214. The topological polar surface area (TPSA) is 79.0 Å². The summed E-state index contributed by atoms with van der Waals surface area (Å²) in [6, 6.07) is 7.91. The van der Waals surface area contributed by atoms with Crippen molar-refractivity contribution in [3.05, 3.63) is 64.3 Å². The molecule has 0 bridgehead atoms. The smallest absolute Gasteiger partial charge is 0.247 e. The molecule has 112 valence electrons. The van der Waals surface area contributed by atoms with Gasteiger partial charge < -0.3 is 4.98 Å². The molecular weight excluding hydrogens is 295 g/mol. The largest absolute Gasteiger partial charge is 0.328 e. The highest BCUT2D eigenvalue weighted by atomic mass is 32.2. The van der Waals surface area contributed by atoms with Crippen molar-refractivity contribution in [1.82, 2.24) is 9.71 Å². The number of aromatic amines is 1. The van der Waals surface area contributed by atoms with E-state index < -0.39 is 10.0 Å². The first-order valence-electron chi connectivity index (χ1n) is 6.32. The van der Waals surface area contributed by atoms with Gasteiger partial charge in [0, 0.05) is 18.3 Å². The maximum absolute atomic E-state index is 12.8. The van der Waals surface area contributed by atoms with Crippen LogP contribution in [0.2, 0.25) is 0 Å². The number of benzene rings is 1. The summed E-state index contributed by atoms with van der Waals surface area (Å²) < 4.78 is 39.5. The zero-order valence-electron chi connectivity index (χ0n) is 11.3. The third kappa shape index (κ3) is 4.24. The van der Waals surface area contributed by atoms with Crippen LogP contribution in [-0.4, -0.2) is 19.4 Å². The predicted molar refractivity (Wildman–Crippen MR) is 77.0 cm³/mol. The average Bonchev–Trinajstić information content (AvgIpc) is 2.41. The normalized spacial score (nSPS) is 13.0. The van der Waals surface area contributed by atoms with Crippen LogP contribution in [0.1, 0.15) is 12.5 Å². The monoisotopic (exact) mass is 310 g/mol. The number of nitrogens with one attached hydrogen (secondary N) is 2. The Labute approximate surface area is 121 Å². The molecule has 1 aromatic carbocycles. The van der Waals surface area contributed by atoms with E-state index in [2.05, 4.69) is 9.71 Å². The predicted octanol–water partition coefficient (Wildman–Crippen LogP) is 1.42. The standard InChI is InChI=1S/C14H15FN2O3S/c1-10(8-11-2-4-12(15)5-3-11)17-21(19,20)13-6-7-14(18)16-9-13/h2-7,9-10,17H,8H2,1H3,(H,16,18). The number of H-pyrrole nitrogens is 1. The van der Waals surface area contributed by atoms with Gasteiger partial charge in [0.1, 0.15) is 5.82 Å². The fourth-order valence-corrected chi connectivity index (χ4v) is 3.12. The highest BCUT2D eigenvalue weighted by molar-refractivity contribution is 7.89. The van der Waals surface area contributed by atoms with Gasteiger partial charge in [-0.1, -0.05) is 12.1 Å². The maximum atomic E-state index is 12.8. The van der Waals surface area contributed by atoms with Crippen LogP contribution in [0.3, 0.4) is 0 Å². The molecule has 7 heteroatoms. The van der Waals surface area contributed by atoms with Gasteiger partial charge in [0.25, 0.3) is 0 Å². The second-order valence-electron chi connectivity index (χ2n) is 4.74. The van der Waals surface area contributed by atoms with Crippen molar-refractivity contribution in [2.24, 2.45) is 0 Å². The number of halogens is 1. The van der Waals surface area contributed by atoms with Crippen LogP contribution in [0.15, 0.2) is 52.3 Å². The molecule has 0 amide bonds. The molecule has 1 unspecified atom stereocenters. The molecule has 21 heavy (non-hydrogen) atoms. The Hall–Kier alpha value is -1.99. The van der Waals surface area contributed by atoms with E-state index in [1.54, 1.807) is 19.1 Å². The van der Waals surface area contributed by atoms with Gasteiger partial charge in [-0.15, -0.1) is 0 Å². The third-order valence-electron chi connectivity index (χ3n) is 2.88. The van der Waals surface area contributed by atoms with E-state index in [4.69, 9.17) is 0 Å². The summed E-state index contributed by atoms with van der Waals surface area (Å²) in [7, 11) is -3.70. The molecule has 1 atom stereocenters. The van der Waals surface area contributed by atoms with Crippen molar-refractivity contribution in [2.45, 2.75) is 24.3 Å². The number of hydrogen-bond acceptors (Lipinski definition) is 3. The minimum absolute atomic E-state index is 0.00643. The van der Waals surface area contributed by atoms with Gasteiger partial charge >= 0.3 is 0 Å². The van der Waals surface area contributed by atoms with E-state index in [0.717, 1.165) is 17.8 Å². The molecule has 0 aliphatic carbocycles. The van der Waals surface area contributed by atoms with Crippen molar-refractivity contribution >= 4 is 10.0 Å². The van der Waals surface area contributed by atoms with Gasteiger partial charge in [-0.05, 0) is 37.1 Å². The van der Waals surface area contributed by atoms with E-state index >= 15 is 0 Å². The first-order valence-corrected chi connectivity index (χ1v) is 7.81. The molecule has 0 saturated heterocycles. The molecule has 0 radical (unpaired) electrons. The minimum atomic E-state index is -3.70. The fourth-order valence-electron chi connectivity index (χ4n) is 1.91. The molecule has 1 heterocycles. The lowest BCUT2D eigenvalue weighted by Crippen LogP contribution is -2.34. The van der Waals surface area contributed by atoms with E-state index in [1.807, 2.05) is 0 Å². The van der Waals surface area contributed by atoms with Gasteiger partial charge in [-0.25, -0.2) is 17.5 Å². The number of hydrogen-bond donors (Lipinski definition) is 2. The van der Waals surface area contributed by atoms with Gasteiger partial charge in [0.15, 0.2) is 0 Å². The number of rotatable bonds is 5. The van der Waals surface area contributed by atoms with Gasteiger partial charge in [0.05, 0.1) is 4.90 Å². The molecule has 0 spiro atoms. The maximum Gasteiger partial charge on any atom is 0.247 e. The third-order valence-corrected chi connectivity index (χ3v) is 4.46. The first-order chi connectivity index (χ1) is 9.87. The van der Waals surface area contributed by atoms with Gasteiger partial charge in [-0.2, -0.15) is 0 Å². The van der Waals surface area contributed by atoms with Crippen molar-refractivity contribution in [3.63, 3.8) is 0 Å². The molecule has 2 rings (SSSR count). The van der Waals surface area contributed by atoms with Crippen LogP contribution in [0.5, 0.6) is 0 Å². The van der Waals surface area contributed by atoms with E-state index in [0.29, 0.717) is 6.42 Å². The molecule has 2 aromatic rings. The van der Waals surface area contributed by atoms with Crippen molar-refractivity contribution in [2.75, 3.05) is 0 Å². The highest BCUT2D eigenvalue weighted by Crippen LogP contribution is 2.09.